The van der Waals surface area contributed by atoms with Crippen molar-refractivity contribution in [2.45, 2.75) is 32.2 Å². The summed E-state index contributed by atoms with van der Waals surface area (Å²) in [5.41, 5.74) is 7.51. The number of furan rings is 1. The zero-order valence-corrected chi connectivity index (χ0v) is 16.7. The highest BCUT2D eigenvalue weighted by Crippen LogP contribution is 2.22. The van der Waals surface area contributed by atoms with E-state index >= 15 is 0 Å². The maximum Gasteiger partial charge on any atom is 0.290 e. The van der Waals surface area contributed by atoms with E-state index in [0.29, 0.717) is 17.1 Å². The van der Waals surface area contributed by atoms with E-state index in [0.717, 1.165) is 23.5 Å². The van der Waals surface area contributed by atoms with Gasteiger partial charge in [-0.1, -0.05) is 12.8 Å². The molecule has 0 radical (unpaired) electrons. The average Bonchev–Trinajstić information content (AvgIpc) is 3.14. The van der Waals surface area contributed by atoms with Crippen molar-refractivity contribution < 1.29 is 9.21 Å². The Morgan fingerprint density at radius 1 is 1.10 bits per heavy atom. The number of benzene rings is 1. The number of nitrogens with two attached hydrogens (primary N) is 1. The summed E-state index contributed by atoms with van der Waals surface area (Å²) in [6.45, 7) is 1.88. The summed E-state index contributed by atoms with van der Waals surface area (Å²) in [5.74, 6) is 0.114. The molecule has 0 atom stereocenters. The molecule has 0 aliphatic carbocycles. The number of nitrogens with one attached hydrogen (secondary N) is 1. The smallest absolute Gasteiger partial charge is 0.290 e. The lowest BCUT2D eigenvalue weighted by Gasteiger charge is -2.22. The second-order valence-corrected chi connectivity index (χ2v) is 7.42. The molecule has 1 aliphatic rings. The third kappa shape index (κ3) is 4.53. The van der Waals surface area contributed by atoms with E-state index in [1.807, 2.05) is 24.3 Å². The van der Waals surface area contributed by atoms with Gasteiger partial charge in [0.15, 0.2) is 5.76 Å². The number of amides is 1. The van der Waals surface area contributed by atoms with E-state index in [2.05, 4.69) is 15.3 Å². The van der Waals surface area contributed by atoms with Gasteiger partial charge in [0, 0.05) is 24.5 Å². The standard InChI is InChI=1S/C22H25N5O3/c23-18-14-19(20-6-5-13-30-20)25-27(22(18)29)15-21(28)24-16-7-9-17(10-8-16)26-11-3-1-2-4-12-26/h5-10,13-14H,1-4,11-12,15,23H2,(H,24,28). The molecule has 2 aromatic heterocycles. The van der Waals surface area contributed by atoms with Gasteiger partial charge in [0.2, 0.25) is 5.91 Å². The first kappa shape index (κ1) is 19.8. The van der Waals surface area contributed by atoms with Crippen LogP contribution in [0.4, 0.5) is 17.1 Å². The number of nitrogens with zero attached hydrogens (tertiary/aromatic N) is 3. The molecule has 1 aliphatic heterocycles. The van der Waals surface area contributed by atoms with Crippen LogP contribution < -0.4 is 21.5 Å². The Morgan fingerprint density at radius 2 is 1.83 bits per heavy atom. The molecule has 0 unspecified atom stereocenters. The van der Waals surface area contributed by atoms with E-state index in [1.54, 1.807) is 12.1 Å². The minimum absolute atomic E-state index is 0.00556. The van der Waals surface area contributed by atoms with E-state index < -0.39 is 5.56 Å². The molecule has 8 nitrogen and oxygen atoms in total. The molecule has 3 N–H and O–H groups in total. The van der Waals surface area contributed by atoms with Crippen molar-refractivity contribution in [3.8, 4) is 11.5 Å². The van der Waals surface area contributed by atoms with Crippen LogP contribution in [0.15, 0.2) is 57.9 Å². The molecule has 4 rings (SSSR count). The fraction of sp³-hybridized carbons (Fsp3) is 0.318. The Labute approximate surface area is 174 Å². The third-order valence-corrected chi connectivity index (χ3v) is 5.19. The van der Waals surface area contributed by atoms with Gasteiger partial charge < -0.3 is 20.4 Å². The fourth-order valence-electron chi connectivity index (χ4n) is 3.64. The molecule has 1 aromatic carbocycles. The molecule has 30 heavy (non-hydrogen) atoms. The number of carbonyl (C=O) groups is 1. The molecule has 0 spiro atoms. The maximum atomic E-state index is 12.5. The minimum Gasteiger partial charge on any atom is -0.463 e. The highest BCUT2D eigenvalue weighted by molar-refractivity contribution is 5.90. The van der Waals surface area contributed by atoms with Gasteiger partial charge in [0.25, 0.3) is 5.56 Å². The lowest BCUT2D eigenvalue weighted by Crippen LogP contribution is -2.31. The van der Waals surface area contributed by atoms with Crippen LogP contribution >= 0.6 is 0 Å². The van der Waals surface area contributed by atoms with Gasteiger partial charge in [-0.3, -0.25) is 9.59 Å². The van der Waals surface area contributed by atoms with E-state index in [9.17, 15) is 9.59 Å². The lowest BCUT2D eigenvalue weighted by molar-refractivity contribution is -0.117. The van der Waals surface area contributed by atoms with Crippen molar-refractivity contribution in [1.29, 1.82) is 0 Å². The van der Waals surface area contributed by atoms with Gasteiger partial charge in [0.1, 0.15) is 17.9 Å². The molecule has 1 fully saturated rings. The molecule has 156 valence electrons. The number of hydrogen-bond acceptors (Lipinski definition) is 6. The van der Waals surface area contributed by atoms with Crippen molar-refractivity contribution in [2.75, 3.05) is 29.0 Å². The van der Waals surface area contributed by atoms with Crippen LogP contribution in [-0.2, 0) is 11.3 Å². The number of anilines is 3. The predicted octanol–water partition coefficient (Wildman–Crippen LogP) is 3.10. The molecular formula is C22H25N5O3. The molecule has 0 saturated carbocycles. The zero-order valence-electron chi connectivity index (χ0n) is 16.7. The van der Waals surface area contributed by atoms with Gasteiger partial charge in [-0.25, -0.2) is 4.68 Å². The molecule has 3 heterocycles. The Balaban J connectivity index is 1.44. The zero-order chi connectivity index (χ0) is 20.9. The third-order valence-electron chi connectivity index (χ3n) is 5.19. The number of aromatic nitrogens is 2. The van der Waals surface area contributed by atoms with Crippen LogP contribution in [0.25, 0.3) is 11.5 Å². The summed E-state index contributed by atoms with van der Waals surface area (Å²) in [4.78, 5) is 27.2. The maximum absolute atomic E-state index is 12.5. The summed E-state index contributed by atoms with van der Waals surface area (Å²) in [6, 6.07) is 12.6. The largest absolute Gasteiger partial charge is 0.463 e. The summed E-state index contributed by atoms with van der Waals surface area (Å²) >= 11 is 0. The lowest BCUT2D eigenvalue weighted by atomic mass is 10.2. The van der Waals surface area contributed by atoms with Crippen LogP contribution in [0, 0.1) is 0 Å². The van der Waals surface area contributed by atoms with Gasteiger partial charge in [-0.2, -0.15) is 5.10 Å². The Bertz CT molecular complexity index is 1050. The van der Waals surface area contributed by atoms with Gasteiger partial charge in [-0.15, -0.1) is 0 Å². The second-order valence-electron chi connectivity index (χ2n) is 7.42. The normalized spacial score (nSPS) is 14.3. The van der Waals surface area contributed by atoms with Crippen molar-refractivity contribution in [2.24, 2.45) is 0 Å². The summed E-state index contributed by atoms with van der Waals surface area (Å²) in [6.07, 6.45) is 6.49. The molecule has 1 amide bonds. The molecule has 0 bridgehead atoms. The van der Waals surface area contributed by atoms with Gasteiger partial charge in [0.05, 0.1) is 6.26 Å². The van der Waals surface area contributed by atoms with E-state index in [1.165, 1.54) is 38.0 Å². The summed E-state index contributed by atoms with van der Waals surface area (Å²) in [5, 5.41) is 7.02. The topological polar surface area (TPSA) is 106 Å². The number of rotatable bonds is 5. The number of hydrogen-bond donors (Lipinski definition) is 2. The van der Waals surface area contributed by atoms with Gasteiger partial charge >= 0.3 is 0 Å². The van der Waals surface area contributed by atoms with Crippen molar-refractivity contribution >= 4 is 23.0 Å². The van der Waals surface area contributed by atoms with Crippen LogP contribution in [0.1, 0.15) is 25.7 Å². The minimum atomic E-state index is -0.517. The first-order valence-electron chi connectivity index (χ1n) is 10.2. The Kier molecular flexibility index (Phi) is 5.83. The van der Waals surface area contributed by atoms with Crippen LogP contribution in [0.3, 0.4) is 0 Å². The van der Waals surface area contributed by atoms with Crippen molar-refractivity contribution in [1.82, 2.24) is 9.78 Å². The average molecular weight is 407 g/mol. The van der Waals surface area contributed by atoms with Crippen LogP contribution in [-0.4, -0.2) is 28.8 Å². The molecule has 3 aromatic rings. The summed E-state index contributed by atoms with van der Waals surface area (Å²) in [7, 11) is 0. The molecular weight excluding hydrogens is 382 g/mol. The predicted molar refractivity (Wildman–Crippen MR) is 116 cm³/mol. The van der Waals surface area contributed by atoms with Crippen molar-refractivity contribution in [3.63, 3.8) is 0 Å². The van der Waals surface area contributed by atoms with E-state index in [4.69, 9.17) is 10.2 Å². The first-order chi connectivity index (χ1) is 14.6. The quantitative estimate of drug-likeness (QED) is 0.673. The SMILES string of the molecule is Nc1cc(-c2ccco2)nn(CC(=O)Nc2ccc(N3CCCCCC3)cc2)c1=O. The highest BCUT2D eigenvalue weighted by atomic mass is 16.3. The van der Waals surface area contributed by atoms with E-state index in [-0.39, 0.29) is 18.1 Å². The second kappa shape index (κ2) is 8.86. The monoisotopic (exact) mass is 407 g/mol. The highest BCUT2D eigenvalue weighted by Gasteiger charge is 2.14. The number of nitrogen functional groups attached to an aromatic ring is 1. The van der Waals surface area contributed by atoms with Crippen molar-refractivity contribution in [3.05, 3.63) is 59.1 Å². The molecule has 8 heteroatoms. The number of carbonyl (C=O) groups excluding carboxylic acids is 1. The first-order valence-corrected chi connectivity index (χ1v) is 10.2. The van der Waals surface area contributed by atoms with Crippen LogP contribution in [0.2, 0.25) is 0 Å². The Morgan fingerprint density at radius 3 is 2.50 bits per heavy atom. The Hall–Kier alpha value is -3.55. The summed E-state index contributed by atoms with van der Waals surface area (Å²) < 4.78 is 6.35. The fourth-order valence-corrected chi connectivity index (χ4v) is 3.64. The van der Waals surface area contributed by atoms with Gasteiger partial charge in [-0.05, 0) is 55.3 Å². The van der Waals surface area contributed by atoms with Crippen LogP contribution in [0.5, 0.6) is 0 Å². The molecule has 1 saturated heterocycles.